The first-order valence-electron chi connectivity index (χ1n) is 7.54. The standard InChI is InChI=1S/C16H22N2OS/c19-15(18-13-8-11-17-12-13)16(9-4-5-10-16)20-14-6-2-1-3-7-14/h1-3,6-7,13,17H,4-5,8-12H2,(H,18,19). The van der Waals surface area contributed by atoms with Crippen LogP contribution in [0.4, 0.5) is 0 Å². The molecule has 1 unspecified atom stereocenters. The second-order valence-corrected chi connectivity index (χ2v) is 7.24. The average Bonchev–Trinajstić information content (AvgIpc) is 3.12. The lowest BCUT2D eigenvalue weighted by molar-refractivity contribution is -0.123. The lowest BCUT2D eigenvalue weighted by Crippen LogP contribution is -2.47. The highest BCUT2D eigenvalue weighted by Gasteiger charge is 2.42. The summed E-state index contributed by atoms with van der Waals surface area (Å²) < 4.78 is -0.246. The molecule has 2 fully saturated rings. The third-order valence-corrected chi connectivity index (χ3v) is 5.77. The van der Waals surface area contributed by atoms with Crippen molar-refractivity contribution in [3.63, 3.8) is 0 Å². The van der Waals surface area contributed by atoms with Gasteiger partial charge >= 0.3 is 0 Å². The van der Waals surface area contributed by atoms with E-state index in [2.05, 4.69) is 22.8 Å². The van der Waals surface area contributed by atoms with Gasteiger partial charge in [-0.3, -0.25) is 4.79 Å². The van der Waals surface area contributed by atoms with Crippen molar-refractivity contribution in [1.29, 1.82) is 0 Å². The average molecular weight is 290 g/mol. The van der Waals surface area contributed by atoms with Gasteiger partial charge in [-0.25, -0.2) is 0 Å². The molecule has 1 heterocycles. The van der Waals surface area contributed by atoms with Gasteiger partial charge in [0.05, 0.1) is 4.75 Å². The molecule has 1 aromatic carbocycles. The van der Waals surface area contributed by atoms with Gasteiger partial charge < -0.3 is 10.6 Å². The van der Waals surface area contributed by atoms with Crippen molar-refractivity contribution >= 4 is 17.7 Å². The normalized spacial score (nSPS) is 24.7. The van der Waals surface area contributed by atoms with E-state index in [0.717, 1.165) is 45.2 Å². The van der Waals surface area contributed by atoms with Crippen LogP contribution < -0.4 is 10.6 Å². The minimum Gasteiger partial charge on any atom is -0.351 e. The van der Waals surface area contributed by atoms with Crippen LogP contribution in [0, 0.1) is 0 Å². The van der Waals surface area contributed by atoms with Crippen LogP contribution in [0.3, 0.4) is 0 Å². The van der Waals surface area contributed by atoms with E-state index in [1.807, 2.05) is 18.2 Å². The largest absolute Gasteiger partial charge is 0.351 e. The Morgan fingerprint density at radius 2 is 2.00 bits per heavy atom. The van der Waals surface area contributed by atoms with Crippen molar-refractivity contribution in [3.05, 3.63) is 30.3 Å². The van der Waals surface area contributed by atoms with Gasteiger partial charge in [0, 0.05) is 17.5 Å². The van der Waals surface area contributed by atoms with Gasteiger partial charge in [0.25, 0.3) is 0 Å². The van der Waals surface area contributed by atoms with Crippen LogP contribution in [0.25, 0.3) is 0 Å². The zero-order valence-electron chi connectivity index (χ0n) is 11.7. The lowest BCUT2D eigenvalue weighted by atomic mass is 10.1. The molecule has 1 saturated carbocycles. The maximum absolute atomic E-state index is 12.8. The van der Waals surface area contributed by atoms with Crippen LogP contribution in [0.5, 0.6) is 0 Å². The molecule has 3 nitrogen and oxygen atoms in total. The molecule has 1 amide bonds. The molecule has 0 aromatic heterocycles. The SMILES string of the molecule is O=C(NC1CCNC1)C1(Sc2ccccc2)CCCC1. The number of amides is 1. The molecule has 3 rings (SSSR count). The van der Waals surface area contributed by atoms with E-state index in [1.54, 1.807) is 11.8 Å². The van der Waals surface area contributed by atoms with E-state index >= 15 is 0 Å². The summed E-state index contributed by atoms with van der Waals surface area (Å²) in [5.74, 6) is 0.248. The highest BCUT2D eigenvalue weighted by molar-refractivity contribution is 8.01. The molecule has 2 aliphatic rings. The van der Waals surface area contributed by atoms with Crippen molar-refractivity contribution in [2.45, 2.75) is 47.8 Å². The Balaban J connectivity index is 1.71. The summed E-state index contributed by atoms with van der Waals surface area (Å²) in [5.41, 5.74) is 0. The Morgan fingerprint density at radius 1 is 1.25 bits per heavy atom. The zero-order chi connectivity index (χ0) is 13.8. The molecule has 108 valence electrons. The quantitative estimate of drug-likeness (QED) is 0.895. The summed E-state index contributed by atoms with van der Waals surface area (Å²) in [6.07, 6.45) is 5.38. The lowest BCUT2D eigenvalue weighted by Gasteiger charge is -2.28. The van der Waals surface area contributed by atoms with Crippen LogP contribution in [0.2, 0.25) is 0 Å². The summed E-state index contributed by atoms with van der Waals surface area (Å²) in [5, 5.41) is 6.57. The number of thioether (sulfide) groups is 1. The number of hydrogen-bond donors (Lipinski definition) is 2. The van der Waals surface area contributed by atoms with Crippen LogP contribution in [0.1, 0.15) is 32.1 Å². The molecule has 1 saturated heterocycles. The first-order chi connectivity index (χ1) is 9.78. The Morgan fingerprint density at radius 3 is 2.65 bits per heavy atom. The molecule has 4 heteroatoms. The van der Waals surface area contributed by atoms with Crippen molar-refractivity contribution in [3.8, 4) is 0 Å². The molecular weight excluding hydrogens is 268 g/mol. The molecule has 0 radical (unpaired) electrons. The van der Waals surface area contributed by atoms with E-state index < -0.39 is 0 Å². The summed E-state index contributed by atoms with van der Waals surface area (Å²) >= 11 is 1.76. The van der Waals surface area contributed by atoms with Crippen LogP contribution in [-0.4, -0.2) is 29.8 Å². The molecule has 1 aliphatic carbocycles. The number of nitrogens with one attached hydrogen (secondary N) is 2. The highest BCUT2D eigenvalue weighted by Crippen LogP contribution is 2.45. The van der Waals surface area contributed by atoms with Gasteiger partial charge in [-0.1, -0.05) is 31.0 Å². The predicted octanol–water partition coefficient (Wildman–Crippen LogP) is 2.57. The Kier molecular flexibility index (Phi) is 4.32. The van der Waals surface area contributed by atoms with Crippen molar-refractivity contribution in [2.75, 3.05) is 13.1 Å². The molecule has 1 aromatic rings. The number of benzene rings is 1. The molecule has 1 atom stereocenters. The van der Waals surface area contributed by atoms with Gasteiger partial charge in [-0.15, -0.1) is 11.8 Å². The summed E-state index contributed by atoms with van der Waals surface area (Å²) in [7, 11) is 0. The number of carbonyl (C=O) groups is 1. The van der Waals surface area contributed by atoms with Crippen LogP contribution >= 0.6 is 11.8 Å². The Hall–Kier alpha value is -1.00. The fraction of sp³-hybridized carbons (Fsp3) is 0.562. The smallest absolute Gasteiger partial charge is 0.236 e. The minimum absolute atomic E-state index is 0.246. The fourth-order valence-electron chi connectivity index (χ4n) is 3.13. The second kappa shape index (κ2) is 6.19. The van der Waals surface area contributed by atoms with Crippen LogP contribution in [0.15, 0.2) is 35.2 Å². The maximum atomic E-state index is 12.8. The van der Waals surface area contributed by atoms with E-state index in [9.17, 15) is 4.79 Å². The molecule has 2 N–H and O–H groups in total. The Labute approximate surface area is 124 Å². The third-order valence-electron chi connectivity index (χ3n) is 4.28. The molecule has 1 aliphatic heterocycles. The first kappa shape index (κ1) is 14.0. The third kappa shape index (κ3) is 3.01. The van der Waals surface area contributed by atoms with Gasteiger partial charge in [-0.05, 0) is 37.9 Å². The van der Waals surface area contributed by atoms with E-state index in [0.29, 0.717) is 6.04 Å². The number of carbonyl (C=O) groups excluding carboxylic acids is 1. The van der Waals surface area contributed by atoms with Gasteiger partial charge in [-0.2, -0.15) is 0 Å². The second-order valence-electron chi connectivity index (χ2n) is 5.78. The number of hydrogen-bond acceptors (Lipinski definition) is 3. The molecule has 0 spiro atoms. The van der Waals surface area contributed by atoms with Crippen molar-refractivity contribution in [1.82, 2.24) is 10.6 Å². The van der Waals surface area contributed by atoms with Crippen molar-refractivity contribution < 1.29 is 4.79 Å². The van der Waals surface area contributed by atoms with Crippen molar-refractivity contribution in [2.24, 2.45) is 0 Å². The monoisotopic (exact) mass is 290 g/mol. The number of rotatable bonds is 4. The van der Waals surface area contributed by atoms with E-state index in [-0.39, 0.29) is 10.7 Å². The van der Waals surface area contributed by atoms with Crippen LogP contribution in [-0.2, 0) is 4.79 Å². The summed E-state index contributed by atoms with van der Waals surface area (Å²) in [4.78, 5) is 14.0. The fourth-order valence-corrected chi connectivity index (χ4v) is 4.52. The topological polar surface area (TPSA) is 41.1 Å². The molecule has 20 heavy (non-hydrogen) atoms. The zero-order valence-corrected chi connectivity index (χ0v) is 12.5. The Bertz CT molecular complexity index is 451. The minimum atomic E-state index is -0.246. The molecular formula is C16H22N2OS. The van der Waals surface area contributed by atoms with Gasteiger partial charge in [0.2, 0.25) is 5.91 Å². The highest BCUT2D eigenvalue weighted by atomic mass is 32.2. The first-order valence-corrected chi connectivity index (χ1v) is 8.36. The van der Waals surface area contributed by atoms with Gasteiger partial charge in [0.15, 0.2) is 0 Å². The van der Waals surface area contributed by atoms with E-state index in [4.69, 9.17) is 0 Å². The predicted molar refractivity (Wildman–Crippen MR) is 82.9 cm³/mol. The molecule has 0 bridgehead atoms. The summed E-state index contributed by atoms with van der Waals surface area (Å²) in [6.45, 7) is 1.93. The summed E-state index contributed by atoms with van der Waals surface area (Å²) in [6, 6.07) is 10.6. The van der Waals surface area contributed by atoms with E-state index in [1.165, 1.54) is 4.90 Å². The van der Waals surface area contributed by atoms with Gasteiger partial charge in [0.1, 0.15) is 0 Å². The maximum Gasteiger partial charge on any atom is 0.236 e.